The van der Waals surface area contributed by atoms with Gasteiger partial charge in [0.15, 0.2) is 0 Å². The lowest BCUT2D eigenvalue weighted by Gasteiger charge is -2.26. The average molecular weight is 165 g/mol. The maximum absolute atomic E-state index is 2.46. The third-order valence-corrected chi connectivity index (χ3v) is 4.31. The largest absolute Gasteiger partial charge is 0.110 e. The summed E-state index contributed by atoms with van der Waals surface area (Å²) in [7, 11) is 2.35. The lowest BCUT2D eigenvalue weighted by molar-refractivity contribution is 0.318. The molecule has 0 bridgehead atoms. The van der Waals surface area contributed by atoms with Crippen LogP contribution in [0, 0.1) is 17.3 Å². The van der Waals surface area contributed by atoms with E-state index in [1.165, 1.54) is 12.8 Å². The second-order valence-corrected chi connectivity index (χ2v) is 4.80. The molecule has 1 aliphatic carbocycles. The van der Waals surface area contributed by atoms with Gasteiger partial charge in [0.25, 0.3) is 0 Å². The molecule has 0 saturated heterocycles. The summed E-state index contributed by atoms with van der Waals surface area (Å²) in [4.78, 5) is 0. The summed E-state index contributed by atoms with van der Waals surface area (Å²) < 4.78 is 0. The second kappa shape index (κ2) is 3.43. The molecule has 4 unspecified atom stereocenters. The van der Waals surface area contributed by atoms with Crippen molar-refractivity contribution in [2.75, 3.05) is 0 Å². The van der Waals surface area contributed by atoms with E-state index >= 15 is 0 Å². The average Bonchev–Trinajstić information content (AvgIpc) is 2.76. The maximum Gasteiger partial charge on any atom is 0.110 e. The first-order valence-electron chi connectivity index (χ1n) is 5.35. The van der Waals surface area contributed by atoms with Crippen molar-refractivity contribution in [2.45, 2.75) is 53.2 Å². The van der Waals surface area contributed by atoms with E-state index in [0.717, 1.165) is 17.7 Å². The van der Waals surface area contributed by atoms with Crippen LogP contribution in [0.4, 0.5) is 0 Å². The van der Waals surface area contributed by atoms with Gasteiger partial charge in [-0.2, -0.15) is 0 Å². The van der Waals surface area contributed by atoms with Crippen LogP contribution in [0.3, 0.4) is 0 Å². The molecule has 4 atom stereocenters. The molecular formula is C11H22B. The van der Waals surface area contributed by atoms with Crippen LogP contribution in [0.25, 0.3) is 0 Å². The Morgan fingerprint density at radius 2 is 2.08 bits per heavy atom. The molecule has 0 spiro atoms. The molecule has 0 aromatic heterocycles. The molecular weight excluding hydrogens is 143 g/mol. The van der Waals surface area contributed by atoms with E-state index in [9.17, 15) is 0 Å². The summed E-state index contributed by atoms with van der Waals surface area (Å²) in [6.07, 6.45) is 2.83. The van der Waals surface area contributed by atoms with Crippen molar-refractivity contribution in [3.05, 3.63) is 0 Å². The molecule has 12 heavy (non-hydrogen) atoms. The van der Waals surface area contributed by atoms with Crippen LogP contribution < -0.4 is 0 Å². The summed E-state index contributed by atoms with van der Waals surface area (Å²) in [5.41, 5.74) is 0.667. The zero-order valence-corrected chi connectivity index (χ0v) is 9.22. The van der Waals surface area contributed by atoms with Gasteiger partial charge in [0, 0.05) is 0 Å². The highest BCUT2D eigenvalue weighted by molar-refractivity contribution is 6.35. The molecule has 0 aromatic carbocycles. The Balaban J connectivity index is 2.48. The first-order valence-corrected chi connectivity index (χ1v) is 5.35. The summed E-state index contributed by atoms with van der Waals surface area (Å²) in [5.74, 6) is 2.66. The van der Waals surface area contributed by atoms with Crippen LogP contribution in [0.2, 0.25) is 12.6 Å². The van der Waals surface area contributed by atoms with Crippen LogP contribution in [0.15, 0.2) is 0 Å². The zero-order valence-electron chi connectivity index (χ0n) is 9.22. The lowest BCUT2D eigenvalue weighted by Crippen LogP contribution is -2.18. The van der Waals surface area contributed by atoms with Gasteiger partial charge in [0.2, 0.25) is 0 Å². The van der Waals surface area contributed by atoms with Crippen molar-refractivity contribution in [2.24, 2.45) is 17.3 Å². The standard InChI is InChI=1S/C11H22B/c1-6-10-7-11(10,4)8(2)9(3)12-5/h8-10H,6-7H2,1-5H3. The van der Waals surface area contributed by atoms with Gasteiger partial charge in [0.1, 0.15) is 7.28 Å². The Labute approximate surface area is 78.4 Å². The van der Waals surface area contributed by atoms with Gasteiger partial charge >= 0.3 is 0 Å². The third kappa shape index (κ3) is 1.55. The van der Waals surface area contributed by atoms with E-state index < -0.39 is 0 Å². The van der Waals surface area contributed by atoms with Crippen LogP contribution in [-0.2, 0) is 0 Å². The van der Waals surface area contributed by atoms with Crippen LogP contribution >= 0.6 is 0 Å². The minimum atomic E-state index is 0.667. The molecule has 0 aromatic rings. The Kier molecular flexibility index (Phi) is 2.90. The van der Waals surface area contributed by atoms with Gasteiger partial charge in [-0.25, -0.2) is 0 Å². The molecule has 1 radical (unpaired) electrons. The number of hydrogen-bond acceptors (Lipinski definition) is 0. The van der Waals surface area contributed by atoms with E-state index in [2.05, 4.69) is 41.8 Å². The van der Waals surface area contributed by atoms with Crippen molar-refractivity contribution < 1.29 is 0 Å². The molecule has 1 saturated carbocycles. The van der Waals surface area contributed by atoms with Crippen LogP contribution in [-0.4, -0.2) is 7.28 Å². The normalized spacial score (nSPS) is 38.9. The monoisotopic (exact) mass is 165 g/mol. The van der Waals surface area contributed by atoms with Gasteiger partial charge in [-0.15, -0.1) is 0 Å². The first-order chi connectivity index (χ1) is 5.56. The first kappa shape index (κ1) is 10.1. The molecule has 1 fully saturated rings. The second-order valence-electron chi connectivity index (χ2n) is 4.80. The SMILES string of the molecule is C[B]C(C)C(C)C1(C)CC1CC. The molecule has 0 amide bonds. The molecule has 0 N–H and O–H groups in total. The van der Waals surface area contributed by atoms with Crippen molar-refractivity contribution in [1.82, 2.24) is 0 Å². The Hall–Kier alpha value is 0.0649. The van der Waals surface area contributed by atoms with E-state index in [4.69, 9.17) is 0 Å². The van der Waals surface area contributed by atoms with Crippen molar-refractivity contribution in [1.29, 1.82) is 0 Å². The number of hydrogen-bond donors (Lipinski definition) is 0. The van der Waals surface area contributed by atoms with Gasteiger partial charge in [-0.1, -0.05) is 46.8 Å². The smallest absolute Gasteiger partial charge is 0.0917 e. The molecule has 0 heterocycles. The molecule has 1 aliphatic rings. The molecule has 0 nitrogen and oxygen atoms in total. The van der Waals surface area contributed by atoms with Gasteiger partial charge in [-0.05, 0) is 23.7 Å². The van der Waals surface area contributed by atoms with E-state index in [0.29, 0.717) is 5.41 Å². The summed E-state index contributed by atoms with van der Waals surface area (Å²) in [6.45, 7) is 11.7. The van der Waals surface area contributed by atoms with Crippen LogP contribution in [0.5, 0.6) is 0 Å². The minimum absolute atomic E-state index is 0.667. The highest BCUT2D eigenvalue weighted by Crippen LogP contribution is 2.61. The predicted molar refractivity (Wildman–Crippen MR) is 56.7 cm³/mol. The summed E-state index contributed by atoms with van der Waals surface area (Å²) in [5, 5.41) is 0. The Morgan fingerprint density at radius 3 is 2.42 bits per heavy atom. The predicted octanol–water partition coefficient (Wildman–Crippen LogP) is 3.62. The Morgan fingerprint density at radius 1 is 1.50 bits per heavy atom. The maximum atomic E-state index is 2.46. The third-order valence-electron chi connectivity index (χ3n) is 4.31. The molecule has 1 rings (SSSR count). The van der Waals surface area contributed by atoms with Crippen molar-refractivity contribution in [3.8, 4) is 0 Å². The fraction of sp³-hybridized carbons (Fsp3) is 1.00. The quantitative estimate of drug-likeness (QED) is 0.558. The lowest BCUT2D eigenvalue weighted by atomic mass is 9.59. The van der Waals surface area contributed by atoms with Crippen LogP contribution in [0.1, 0.15) is 40.5 Å². The number of rotatable bonds is 4. The topological polar surface area (TPSA) is 0 Å². The molecule has 69 valence electrons. The minimum Gasteiger partial charge on any atom is -0.0917 e. The summed E-state index contributed by atoms with van der Waals surface area (Å²) >= 11 is 0. The fourth-order valence-corrected chi connectivity index (χ4v) is 2.53. The molecule has 0 aliphatic heterocycles. The molecule has 1 heteroatoms. The van der Waals surface area contributed by atoms with Crippen molar-refractivity contribution in [3.63, 3.8) is 0 Å². The van der Waals surface area contributed by atoms with E-state index in [-0.39, 0.29) is 0 Å². The fourth-order valence-electron chi connectivity index (χ4n) is 2.53. The van der Waals surface area contributed by atoms with Gasteiger partial charge in [0.05, 0.1) is 0 Å². The zero-order chi connectivity index (χ0) is 9.35. The summed E-state index contributed by atoms with van der Waals surface area (Å²) in [6, 6.07) is 0. The van der Waals surface area contributed by atoms with Gasteiger partial charge in [-0.3, -0.25) is 0 Å². The van der Waals surface area contributed by atoms with Crippen molar-refractivity contribution >= 4 is 7.28 Å². The highest BCUT2D eigenvalue weighted by atomic mass is 14.6. The highest BCUT2D eigenvalue weighted by Gasteiger charge is 2.52. The van der Waals surface area contributed by atoms with Gasteiger partial charge < -0.3 is 0 Å². The van der Waals surface area contributed by atoms with E-state index in [1.54, 1.807) is 0 Å². The van der Waals surface area contributed by atoms with E-state index in [1.807, 2.05) is 0 Å². The Bertz CT molecular complexity index is 155.